The monoisotopic (exact) mass is 280 g/mol. The maximum Gasteiger partial charge on any atom is 0.391 e. The summed E-state index contributed by atoms with van der Waals surface area (Å²) < 4.78 is 37.6. The maximum absolute atomic E-state index is 12.5. The topological polar surface area (TPSA) is 29.3 Å². The zero-order valence-electron chi connectivity index (χ0n) is 12.0. The average Bonchev–Trinajstić information content (AvgIpc) is 2.33. The van der Waals surface area contributed by atoms with Crippen LogP contribution in [0.3, 0.4) is 0 Å². The summed E-state index contributed by atoms with van der Waals surface area (Å²) in [5.41, 5.74) is 5.75. The number of halogens is 3. The first-order chi connectivity index (χ1) is 8.82. The maximum atomic E-state index is 12.5. The molecule has 1 fully saturated rings. The summed E-state index contributed by atoms with van der Waals surface area (Å²) in [4.78, 5) is 2.16. The lowest BCUT2D eigenvalue weighted by atomic mass is 9.92. The first-order valence-corrected chi connectivity index (χ1v) is 7.32. The highest BCUT2D eigenvalue weighted by Crippen LogP contribution is 2.34. The van der Waals surface area contributed by atoms with Gasteiger partial charge in [-0.1, -0.05) is 13.8 Å². The van der Waals surface area contributed by atoms with Crippen molar-refractivity contribution in [1.29, 1.82) is 0 Å². The highest BCUT2D eigenvalue weighted by molar-refractivity contribution is 4.77. The van der Waals surface area contributed by atoms with E-state index in [1.807, 2.05) is 0 Å². The number of rotatable bonds is 6. The molecule has 0 aromatic heterocycles. The third-order valence-corrected chi connectivity index (χ3v) is 4.04. The summed E-state index contributed by atoms with van der Waals surface area (Å²) in [5.74, 6) is 0.0366. The molecule has 0 spiro atoms. The van der Waals surface area contributed by atoms with Gasteiger partial charge in [0.25, 0.3) is 0 Å². The molecule has 0 aliphatic carbocycles. The molecule has 0 saturated carbocycles. The molecule has 2 nitrogen and oxygen atoms in total. The van der Waals surface area contributed by atoms with Gasteiger partial charge < -0.3 is 10.6 Å². The minimum Gasteiger partial charge on any atom is -0.330 e. The molecule has 1 atom stereocenters. The van der Waals surface area contributed by atoms with Crippen molar-refractivity contribution in [3.8, 4) is 0 Å². The summed E-state index contributed by atoms with van der Waals surface area (Å²) in [6, 6.07) is 0. The fourth-order valence-electron chi connectivity index (χ4n) is 2.85. The number of nitrogens with zero attached hydrogens (tertiary/aromatic N) is 1. The molecular weight excluding hydrogens is 253 g/mol. The van der Waals surface area contributed by atoms with Crippen molar-refractivity contribution in [2.75, 3.05) is 26.2 Å². The first kappa shape index (κ1) is 16.8. The third-order valence-electron chi connectivity index (χ3n) is 4.04. The van der Waals surface area contributed by atoms with Crippen molar-refractivity contribution in [3.05, 3.63) is 0 Å². The molecule has 1 unspecified atom stereocenters. The first-order valence-electron chi connectivity index (χ1n) is 7.32. The lowest BCUT2D eigenvalue weighted by Crippen LogP contribution is -2.40. The zero-order valence-corrected chi connectivity index (χ0v) is 12.0. The average molecular weight is 280 g/mol. The van der Waals surface area contributed by atoms with Crippen molar-refractivity contribution in [1.82, 2.24) is 4.90 Å². The fourth-order valence-corrected chi connectivity index (χ4v) is 2.85. The number of nitrogens with two attached hydrogens (primary N) is 1. The van der Waals surface area contributed by atoms with Crippen molar-refractivity contribution in [3.63, 3.8) is 0 Å². The van der Waals surface area contributed by atoms with Crippen molar-refractivity contribution >= 4 is 0 Å². The van der Waals surface area contributed by atoms with Gasteiger partial charge in [0.2, 0.25) is 0 Å². The predicted molar refractivity (Wildman–Crippen MR) is 71.8 cm³/mol. The molecule has 2 N–H and O–H groups in total. The molecule has 1 aliphatic rings. The highest BCUT2D eigenvalue weighted by Gasteiger charge is 2.40. The number of likely N-dealkylation sites (tertiary alicyclic amines) is 1. The van der Waals surface area contributed by atoms with Gasteiger partial charge in [0.15, 0.2) is 0 Å². The van der Waals surface area contributed by atoms with Gasteiger partial charge in [-0.25, -0.2) is 0 Å². The van der Waals surface area contributed by atoms with E-state index in [-0.39, 0.29) is 12.8 Å². The van der Waals surface area contributed by atoms with Crippen LogP contribution in [0.25, 0.3) is 0 Å². The van der Waals surface area contributed by atoms with Crippen molar-refractivity contribution in [2.45, 2.75) is 45.7 Å². The summed E-state index contributed by atoms with van der Waals surface area (Å²) in [6.07, 6.45) is -1.40. The van der Waals surface area contributed by atoms with E-state index in [4.69, 9.17) is 5.73 Å². The summed E-state index contributed by atoms with van der Waals surface area (Å²) >= 11 is 0. The second kappa shape index (κ2) is 7.48. The molecule has 1 heterocycles. The lowest BCUT2D eigenvalue weighted by Gasteiger charge is -2.33. The van der Waals surface area contributed by atoms with E-state index < -0.39 is 12.1 Å². The number of hydrogen-bond donors (Lipinski definition) is 1. The van der Waals surface area contributed by atoms with Gasteiger partial charge in [-0.2, -0.15) is 13.2 Å². The molecule has 1 aliphatic heterocycles. The van der Waals surface area contributed by atoms with Gasteiger partial charge in [0, 0.05) is 0 Å². The smallest absolute Gasteiger partial charge is 0.330 e. The van der Waals surface area contributed by atoms with E-state index in [9.17, 15) is 13.2 Å². The minimum absolute atomic E-state index is 0.251. The fraction of sp³-hybridized carbons (Fsp3) is 1.00. The van der Waals surface area contributed by atoms with Crippen LogP contribution in [-0.4, -0.2) is 37.3 Å². The molecule has 1 rings (SSSR count). The summed E-state index contributed by atoms with van der Waals surface area (Å²) in [6.45, 7) is 7.07. The Bertz CT molecular complexity index is 246. The van der Waals surface area contributed by atoms with Gasteiger partial charge in [-0.05, 0) is 63.7 Å². The zero-order chi connectivity index (χ0) is 14.5. The Hall–Kier alpha value is -0.290. The Labute approximate surface area is 114 Å². The molecular formula is C14H27F3N2. The van der Waals surface area contributed by atoms with Crippen LogP contribution in [0.5, 0.6) is 0 Å². The Morgan fingerprint density at radius 1 is 1.21 bits per heavy atom. The number of alkyl halides is 3. The molecule has 0 aromatic carbocycles. The largest absolute Gasteiger partial charge is 0.391 e. The van der Waals surface area contributed by atoms with Crippen molar-refractivity contribution < 1.29 is 13.2 Å². The Morgan fingerprint density at radius 2 is 1.79 bits per heavy atom. The predicted octanol–water partition coefficient (Wildman–Crippen LogP) is 3.27. The second-order valence-electron chi connectivity index (χ2n) is 6.18. The quantitative estimate of drug-likeness (QED) is 0.809. The molecule has 0 aromatic rings. The van der Waals surface area contributed by atoms with Crippen LogP contribution >= 0.6 is 0 Å². The van der Waals surface area contributed by atoms with Gasteiger partial charge >= 0.3 is 6.18 Å². The van der Waals surface area contributed by atoms with Crippen LogP contribution in [0.15, 0.2) is 0 Å². The van der Waals surface area contributed by atoms with Crippen LogP contribution in [0, 0.1) is 17.8 Å². The standard InChI is InChI=1S/C14H27F3N2/c1-11(2)9-12(10-18)3-6-19-7-4-13(5-8-19)14(15,16)17/h11-13H,3-10,18H2,1-2H3. The molecule has 0 bridgehead atoms. The molecule has 0 radical (unpaired) electrons. The molecule has 114 valence electrons. The molecule has 1 saturated heterocycles. The molecule has 0 amide bonds. The summed E-state index contributed by atoms with van der Waals surface area (Å²) in [7, 11) is 0. The summed E-state index contributed by atoms with van der Waals surface area (Å²) in [5, 5.41) is 0. The van der Waals surface area contributed by atoms with Crippen LogP contribution in [-0.2, 0) is 0 Å². The second-order valence-corrected chi connectivity index (χ2v) is 6.18. The van der Waals surface area contributed by atoms with Gasteiger partial charge in [0.1, 0.15) is 0 Å². The molecule has 19 heavy (non-hydrogen) atoms. The van der Waals surface area contributed by atoms with Crippen LogP contribution in [0.1, 0.15) is 39.5 Å². The van der Waals surface area contributed by atoms with Crippen LogP contribution < -0.4 is 5.73 Å². The highest BCUT2D eigenvalue weighted by atomic mass is 19.4. The van der Waals surface area contributed by atoms with Crippen LogP contribution in [0.2, 0.25) is 0 Å². The van der Waals surface area contributed by atoms with Crippen LogP contribution in [0.4, 0.5) is 13.2 Å². The molecule has 5 heteroatoms. The normalized spacial score (nSPS) is 21.0. The van der Waals surface area contributed by atoms with Gasteiger partial charge in [0.05, 0.1) is 5.92 Å². The Kier molecular flexibility index (Phi) is 6.60. The van der Waals surface area contributed by atoms with E-state index in [1.165, 1.54) is 0 Å². The van der Waals surface area contributed by atoms with E-state index in [1.54, 1.807) is 0 Å². The number of piperidine rings is 1. The minimum atomic E-state index is -4.01. The Morgan fingerprint density at radius 3 is 2.21 bits per heavy atom. The third kappa shape index (κ3) is 6.13. The lowest BCUT2D eigenvalue weighted by molar-refractivity contribution is -0.185. The van der Waals surface area contributed by atoms with E-state index in [2.05, 4.69) is 18.7 Å². The van der Waals surface area contributed by atoms with E-state index in [0.717, 1.165) is 19.4 Å². The van der Waals surface area contributed by atoms with Crippen molar-refractivity contribution in [2.24, 2.45) is 23.5 Å². The van der Waals surface area contributed by atoms with Gasteiger partial charge in [-0.3, -0.25) is 0 Å². The van der Waals surface area contributed by atoms with E-state index >= 15 is 0 Å². The number of hydrogen-bond acceptors (Lipinski definition) is 2. The Balaban J connectivity index is 2.25. The van der Waals surface area contributed by atoms with E-state index in [0.29, 0.717) is 31.5 Å². The SMILES string of the molecule is CC(C)CC(CN)CCN1CCC(C(F)(F)F)CC1. The van der Waals surface area contributed by atoms with Gasteiger partial charge in [-0.15, -0.1) is 0 Å².